The van der Waals surface area contributed by atoms with E-state index in [0.717, 1.165) is 42.8 Å². The number of amides is 1. The molecular weight excluding hydrogens is 438 g/mol. The summed E-state index contributed by atoms with van der Waals surface area (Å²) in [5.74, 6) is 1.48. The van der Waals surface area contributed by atoms with Crippen molar-refractivity contribution in [1.82, 2.24) is 25.1 Å². The molecule has 1 fully saturated rings. The average Bonchev–Trinajstić information content (AvgIpc) is 3.26. The number of rotatable bonds is 7. The van der Waals surface area contributed by atoms with Gasteiger partial charge < -0.3 is 15.5 Å². The van der Waals surface area contributed by atoms with E-state index in [9.17, 15) is 4.79 Å². The molecule has 2 aromatic heterocycles. The zero-order chi connectivity index (χ0) is 25.0. The fourth-order valence-electron chi connectivity index (χ4n) is 4.33. The smallest absolute Gasteiger partial charge is 0.269 e. The average molecular weight is 476 g/mol. The number of hydrogen-bond acceptors (Lipinski definition) is 6. The predicted octanol–water partition coefficient (Wildman–Crippen LogP) is 4.24. The van der Waals surface area contributed by atoms with Gasteiger partial charge in [-0.1, -0.05) is 51.1 Å². The first kappa shape index (κ1) is 24.7. The lowest BCUT2D eigenvalue weighted by atomic mass is 9.91. The van der Waals surface area contributed by atoms with Crippen LogP contribution in [0.25, 0.3) is 0 Å². The standard InChI is InChI=1S/C27H37N7O/c1-27(2,3)23-17-22(34(32-23)18-19-9-7-6-8-10-19)25(35)29-20-11-13-21(14-12-20)30-26-28-16-15-24(31-26)33(4)5/h6-10,15-17,20-21H,11-14,18H2,1-5H3,(H,29,35)(H,28,30,31)/t20-,21+. The van der Waals surface area contributed by atoms with Crippen LogP contribution in [-0.4, -0.2) is 51.8 Å². The summed E-state index contributed by atoms with van der Waals surface area (Å²) in [6.07, 6.45) is 5.51. The number of carbonyl (C=O) groups excluding carboxylic acids is 1. The molecule has 0 saturated heterocycles. The van der Waals surface area contributed by atoms with Crippen LogP contribution >= 0.6 is 0 Å². The zero-order valence-electron chi connectivity index (χ0n) is 21.5. The Morgan fingerprint density at radius 1 is 1.06 bits per heavy atom. The molecular formula is C27H37N7O. The molecule has 0 unspecified atom stereocenters. The fraction of sp³-hybridized carbons (Fsp3) is 0.481. The van der Waals surface area contributed by atoms with Crippen molar-refractivity contribution in [2.24, 2.45) is 0 Å². The van der Waals surface area contributed by atoms with Crippen LogP contribution in [-0.2, 0) is 12.0 Å². The number of nitrogens with one attached hydrogen (secondary N) is 2. The molecule has 0 bridgehead atoms. The van der Waals surface area contributed by atoms with E-state index < -0.39 is 0 Å². The van der Waals surface area contributed by atoms with Crippen LogP contribution in [0.15, 0.2) is 48.7 Å². The lowest BCUT2D eigenvalue weighted by Crippen LogP contribution is -2.41. The molecule has 1 aliphatic rings. The van der Waals surface area contributed by atoms with Gasteiger partial charge in [-0.2, -0.15) is 10.1 Å². The molecule has 186 valence electrons. The topological polar surface area (TPSA) is 88.0 Å². The Bertz CT molecular complexity index is 1130. The molecule has 1 saturated carbocycles. The highest BCUT2D eigenvalue weighted by atomic mass is 16.2. The third-order valence-corrected chi connectivity index (χ3v) is 6.45. The number of benzene rings is 1. The van der Waals surface area contributed by atoms with Crippen molar-refractivity contribution in [1.29, 1.82) is 0 Å². The highest BCUT2D eigenvalue weighted by molar-refractivity contribution is 5.93. The zero-order valence-corrected chi connectivity index (χ0v) is 21.5. The Morgan fingerprint density at radius 3 is 2.40 bits per heavy atom. The van der Waals surface area contributed by atoms with E-state index in [1.165, 1.54) is 0 Å². The van der Waals surface area contributed by atoms with Crippen LogP contribution < -0.4 is 15.5 Å². The van der Waals surface area contributed by atoms with E-state index in [4.69, 9.17) is 5.10 Å². The molecule has 8 nitrogen and oxygen atoms in total. The lowest BCUT2D eigenvalue weighted by molar-refractivity contribution is 0.0916. The molecule has 0 aliphatic heterocycles. The molecule has 35 heavy (non-hydrogen) atoms. The minimum Gasteiger partial charge on any atom is -0.363 e. The van der Waals surface area contributed by atoms with Gasteiger partial charge in [0.15, 0.2) is 0 Å². The molecule has 1 amide bonds. The second kappa shape index (κ2) is 10.5. The van der Waals surface area contributed by atoms with Crippen LogP contribution in [0.1, 0.15) is 68.2 Å². The van der Waals surface area contributed by atoms with Gasteiger partial charge in [0.25, 0.3) is 5.91 Å². The number of nitrogens with zero attached hydrogens (tertiary/aromatic N) is 5. The maximum Gasteiger partial charge on any atom is 0.269 e. The molecule has 0 radical (unpaired) electrons. The molecule has 3 aromatic rings. The van der Waals surface area contributed by atoms with Gasteiger partial charge in [-0.05, 0) is 43.4 Å². The summed E-state index contributed by atoms with van der Waals surface area (Å²) in [6.45, 7) is 6.94. The van der Waals surface area contributed by atoms with E-state index in [1.54, 1.807) is 6.20 Å². The van der Waals surface area contributed by atoms with Gasteiger partial charge in [0, 0.05) is 37.8 Å². The fourth-order valence-corrected chi connectivity index (χ4v) is 4.33. The summed E-state index contributed by atoms with van der Waals surface area (Å²) in [5, 5.41) is 11.5. The molecule has 1 aromatic carbocycles. The summed E-state index contributed by atoms with van der Waals surface area (Å²) in [7, 11) is 3.94. The Labute approximate surface area is 208 Å². The van der Waals surface area contributed by atoms with Crippen molar-refractivity contribution in [2.75, 3.05) is 24.3 Å². The first-order valence-electron chi connectivity index (χ1n) is 12.4. The van der Waals surface area contributed by atoms with E-state index in [-0.39, 0.29) is 17.4 Å². The van der Waals surface area contributed by atoms with Crippen molar-refractivity contribution in [2.45, 2.75) is 70.5 Å². The van der Waals surface area contributed by atoms with Crippen molar-refractivity contribution < 1.29 is 4.79 Å². The monoisotopic (exact) mass is 475 g/mol. The van der Waals surface area contributed by atoms with Gasteiger partial charge in [-0.15, -0.1) is 0 Å². The number of anilines is 2. The van der Waals surface area contributed by atoms with Crippen LogP contribution in [0.2, 0.25) is 0 Å². The third kappa shape index (κ3) is 6.38. The predicted molar refractivity (Wildman–Crippen MR) is 140 cm³/mol. The molecule has 2 N–H and O–H groups in total. The largest absolute Gasteiger partial charge is 0.363 e. The number of aromatic nitrogens is 4. The minimum absolute atomic E-state index is 0.0534. The first-order valence-corrected chi connectivity index (χ1v) is 12.4. The molecule has 4 rings (SSSR count). The molecule has 0 atom stereocenters. The van der Waals surface area contributed by atoms with Crippen molar-refractivity contribution >= 4 is 17.7 Å². The second-order valence-corrected chi connectivity index (χ2v) is 10.6. The number of hydrogen-bond donors (Lipinski definition) is 2. The van der Waals surface area contributed by atoms with Gasteiger partial charge >= 0.3 is 0 Å². The van der Waals surface area contributed by atoms with Crippen molar-refractivity contribution in [3.63, 3.8) is 0 Å². The summed E-state index contributed by atoms with van der Waals surface area (Å²) >= 11 is 0. The highest BCUT2D eigenvalue weighted by Gasteiger charge is 2.27. The quantitative estimate of drug-likeness (QED) is 0.532. The van der Waals surface area contributed by atoms with Gasteiger partial charge in [-0.3, -0.25) is 9.48 Å². The first-order chi connectivity index (χ1) is 16.7. The van der Waals surface area contributed by atoms with Gasteiger partial charge in [0.2, 0.25) is 5.95 Å². The van der Waals surface area contributed by atoms with E-state index >= 15 is 0 Å². The van der Waals surface area contributed by atoms with Crippen LogP contribution in [0, 0.1) is 0 Å². The van der Waals surface area contributed by atoms with Crippen LogP contribution in [0.5, 0.6) is 0 Å². The second-order valence-electron chi connectivity index (χ2n) is 10.6. The van der Waals surface area contributed by atoms with Gasteiger partial charge in [-0.25, -0.2) is 4.98 Å². The maximum atomic E-state index is 13.3. The molecule has 8 heteroatoms. The van der Waals surface area contributed by atoms with Crippen LogP contribution in [0.3, 0.4) is 0 Å². The lowest BCUT2D eigenvalue weighted by Gasteiger charge is -2.29. The Morgan fingerprint density at radius 2 is 1.74 bits per heavy atom. The molecule has 2 heterocycles. The Hall–Kier alpha value is -3.42. The molecule has 0 spiro atoms. The van der Waals surface area contributed by atoms with Crippen molar-refractivity contribution in [3.05, 3.63) is 65.6 Å². The summed E-state index contributed by atoms with van der Waals surface area (Å²) in [5.41, 5.74) is 2.53. The normalized spacial score (nSPS) is 18.2. The van der Waals surface area contributed by atoms with Gasteiger partial charge in [0.05, 0.1) is 12.2 Å². The summed E-state index contributed by atoms with van der Waals surface area (Å²) < 4.78 is 1.84. The molecule has 1 aliphatic carbocycles. The van der Waals surface area contributed by atoms with Gasteiger partial charge in [0.1, 0.15) is 11.5 Å². The van der Waals surface area contributed by atoms with E-state index in [0.29, 0.717) is 24.2 Å². The van der Waals surface area contributed by atoms with Crippen LogP contribution in [0.4, 0.5) is 11.8 Å². The third-order valence-electron chi connectivity index (χ3n) is 6.45. The Balaban J connectivity index is 1.38. The highest BCUT2D eigenvalue weighted by Crippen LogP contribution is 2.24. The Kier molecular flexibility index (Phi) is 7.38. The van der Waals surface area contributed by atoms with E-state index in [1.807, 2.05) is 54.0 Å². The van der Waals surface area contributed by atoms with Crippen molar-refractivity contribution in [3.8, 4) is 0 Å². The summed E-state index contributed by atoms with van der Waals surface area (Å²) in [6, 6.07) is 14.4. The minimum atomic E-state index is -0.132. The van der Waals surface area contributed by atoms with E-state index in [2.05, 4.69) is 53.5 Å². The maximum absolute atomic E-state index is 13.3. The summed E-state index contributed by atoms with van der Waals surface area (Å²) in [4.78, 5) is 24.2. The SMILES string of the molecule is CN(C)c1ccnc(N[C@H]2CC[C@@H](NC(=O)c3cc(C(C)(C)C)nn3Cc3ccccc3)CC2)n1. The number of carbonyl (C=O) groups is 1.